The molecule has 0 atom stereocenters. The molecule has 0 amide bonds. The Morgan fingerprint density at radius 1 is 1.16 bits per heavy atom. The highest BCUT2D eigenvalue weighted by atomic mass is 32.1. The standard InChI is InChI=1S/C13H17N5S/c14-13-18-17-12(19-13)8-9-3-5-10(6-4-9)11-2-1-7-15-16-11/h1-2,7,9-10H,3-6,8H2,(H2,14,18). The number of rotatable bonds is 3. The van der Waals surface area contributed by atoms with Crippen molar-refractivity contribution in [2.75, 3.05) is 5.73 Å². The van der Waals surface area contributed by atoms with Gasteiger partial charge in [0.25, 0.3) is 0 Å². The van der Waals surface area contributed by atoms with E-state index in [2.05, 4.69) is 26.5 Å². The zero-order valence-electron chi connectivity index (χ0n) is 10.7. The second kappa shape index (κ2) is 5.61. The Morgan fingerprint density at radius 3 is 2.63 bits per heavy atom. The van der Waals surface area contributed by atoms with Crippen molar-refractivity contribution in [1.29, 1.82) is 0 Å². The molecule has 1 saturated carbocycles. The second-order valence-corrected chi connectivity index (χ2v) is 6.20. The lowest BCUT2D eigenvalue weighted by atomic mass is 9.79. The van der Waals surface area contributed by atoms with Gasteiger partial charge in [-0.25, -0.2) is 0 Å². The first-order valence-corrected chi connectivity index (χ1v) is 7.48. The average molecular weight is 275 g/mol. The Morgan fingerprint density at radius 2 is 2.00 bits per heavy atom. The number of nitrogens with two attached hydrogens (primary N) is 1. The first-order valence-electron chi connectivity index (χ1n) is 6.66. The monoisotopic (exact) mass is 275 g/mol. The van der Waals surface area contributed by atoms with Gasteiger partial charge < -0.3 is 5.73 Å². The van der Waals surface area contributed by atoms with Crippen molar-refractivity contribution in [3.63, 3.8) is 0 Å². The summed E-state index contributed by atoms with van der Waals surface area (Å²) < 4.78 is 0. The molecule has 0 spiro atoms. The number of anilines is 1. The fraction of sp³-hybridized carbons (Fsp3) is 0.538. The van der Waals surface area contributed by atoms with Crippen molar-refractivity contribution in [1.82, 2.24) is 20.4 Å². The van der Waals surface area contributed by atoms with Gasteiger partial charge in [-0.05, 0) is 43.7 Å². The van der Waals surface area contributed by atoms with Crippen LogP contribution < -0.4 is 5.73 Å². The summed E-state index contributed by atoms with van der Waals surface area (Å²) in [6.07, 6.45) is 7.58. The lowest BCUT2D eigenvalue weighted by Gasteiger charge is -2.27. The molecule has 3 rings (SSSR count). The van der Waals surface area contributed by atoms with Gasteiger partial charge in [-0.3, -0.25) is 0 Å². The van der Waals surface area contributed by atoms with Crippen LogP contribution >= 0.6 is 11.3 Å². The molecule has 1 fully saturated rings. The fourth-order valence-corrected chi connectivity index (χ4v) is 3.51. The van der Waals surface area contributed by atoms with Crippen LogP contribution in [0.2, 0.25) is 0 Å². The number of nitrogens with zero attached hydrogens (tertiary/aromatic N) is 4. The van der Waals surface area contributed by atoms with Crippen LogP contribution in [0.4, 0.5) is 5.13 Å². The highest BCUT2D eigenvalue weighted by Crippen LogP contribution is 2.36. The van der Waals surface area contributed by atoms with E-state index in [9.17, 15) is 0 Å². The predicted octanol–water partition coefficient (Wildman–Crippen LogP) is 2.43. The highest BCUT2D eigenvalue weighted by molar-refractivity contribution is 7.15. The Hall–Kier alpha value is -1.56. The van der Waals surface area contributed by atoms with E-state index in [4.69, 9.17) is 5.73 Å². The van der Waals surface area contributed by atoms with E-state index < -0.39 is 0 Å². The normalized spacial score (nSPS) is 23.4. The van der Waals surface area contributed by atoms with Crippen LogP contribution in [0.3, 0.4) is 0 Å². The van der Waals surface area contributed by atoms with E-state index in [1.165, 1.54) is 37.0 Å². The Labute approximate surface area is 116 Å². The van der Waals surface area contributed by atoms with Crippen molar-refractivity contribution in [3.05, 3.63) is 29.0 Å². The summed E-state index contributed by atoms with van der Waals surface area (Å²) >= 11 is 1.51. The van der Waals surface area contributed by atoms with E-state index in [1.54, 1.807) is 6.20 Å². The van der Waals surface area contributed by atoms with E-state index in [0.717, 1.165) is 17.1 Å². The van der Waals surface area contributed by atoms with Crippen molar-refractivity contribution < 1.29 is 0 Å². The van der Waals surface area contributed by atoms with Crippen molar-refractivity contribution in [3.8, 4) is 0 Å². The lowest BCUT2D eigenvalue weighted by Crippen LogP contribution is -2.16. The molecule has 2 aromatic rings. The smallest absolute Gasteiger partial charge is 0.203 e. The fourth-order valence-electron chi connectivity index (χ4n) is 2.79. The van der Waals surface area contributed by atoms with Gasteiger partial charge in [0.1, 0.15) is 5.01 Å². The quantitative estimate of drug-likeness (QED) is 0.930. The first kappa shape index (κ1) is 12.5. The van der Waals surface area contributed by atoms with E-state index in [1.807, 2.05) is 6.07 Å². The number of aromatic nitrogens is 4. The minimum atomic E-state index is 0.572. The summed E-state index contributed by atoms with van der Waals surface area (Å²) in [5.74, 6) is 1.28. The van der Waals surface area contributed by atoms with Gasteiger partial charge in [0.05, 0.1) is 5.69 Å². The Kier molecular flexibility index (Phi) is 3.68. The van der Waals surface area contributed by atoms with E-state index >= 15 is 0 Å². The molecule has 0 aromatic carbocycles. The molecule has 0 unspecified atom stereocenters. The molecular formula is C13H17N5S. The molecule has 0 radical (unpaired) electrons. The maximum absolute atomic E-state index is 5.61. The van der Waals surface area contributed by atoms with E-state index in [0.29, 0.717) is 17.0 Å². The highest BCUT2D eigenvalue weighted by Gasteiger charge is 2.24. The maximum atomic E-state index is 5.61. The summed E-state index contributed by atoms with van der Waals surface area (Å²) in [6.45, 7) is 0. The number of hydrogen-bond donors (Lipinski definition) is 1. The van der Waals surface area contributed by atoms with Crippen molar-refractivity contribution in [2.45, 2.75) is 38.0 Å². The molecule has 100 valence electrons. The van der Waals surface area contributed by atoms with Gasteiger partial charge in [-0.1, -0.05) is 11.3 Å². The summed E-state index contributed by atoms with van der Waals surface area (Å²) in [5, 5.41) is 17.8. The van der Waals surface area contributed by atoms with Crippen LogP contribution in [0.1, 0.15) is 42.3 Å². The third-order valence-electron chi connectivity index (χ3n) is 3.80. The van der Waals surface area contributed by atoms with Crippen LogP contribution in [-0.4, -0.2) is 20.4 Å². The zero-order chi connectivity index (χ0) is 13.1. The summed E-state index contributed by atoms with van der Waals surface area (Å²) in [4.78, 5) is 0. The molecule has 5 nitrogen and oxygen atoms in total. The van der Waals surface area contributed by atoms with Crippen LogP contribution in [0.25, 0.3) is 0 Å². The molecule has 1 aliphatic carbocycles. The van der Waals surface area contributed by atoms with Crippen LogP contribution in [-0.2, 0) is 6.42 Å². The number of hydrogen-bond acceptors (Lipinski definition) is 6. The maximum Gasteiger partial charge on any atom is 0.203 e. The molecule has 0 bridgehead atoms. The van der Waals surface area contributed by atoms with Crippen LogP contribution in [0, 0.1) is 5.92 Å². The molecule has 19 heavy (non-hydrogen) atoms. The minimum absolute atomic E-state index is 0.572. The number of nitrogen functional groups attached to an aromatic ring is 1. The third kappa shape index (κ3) is 3.07. The van der Waals surface area contributed by atoms with Crippen LogP contribution in [0.15, 0.2) is 18.3 Å². The minimum Gasteiger partial charge on any atom is -0.374 e. The summed E-state index contributed by atoms with van der Waals surface area (Å²) in [7, 11) is 0. The Bertz CT molecular complexity index is 519. The summed E-state index contributed by atoms with van der Waals surface area (Å²) in [5.41, 5.74) is 6.75. The molecular weight excluding hydrogens is 258 g/mol. The lowest BCUT2D eigenvalue weighted by molar-refractivity contribution is 0.319. The molecule has 2 aromatic heterocycles. The second-order valence-electron chi connectivity index (χ2n) is 5.10. The molecule has 1 aliphatic rings. The molecule has 0 aliphatic heterocycles. The van der Waals surface area contributed by atoms with Crippen LogP contribution in [0.5, 0.6) is 0 Å². The van der Waals surface area contributed by atoms with Gasteiger partial charge in [0, 0.05) is 18.5 Å². The van der Waals surface area contributed by atoms with Gasteiger partial charge in [-0.2, -0.15) is 10.2 Å². The topological polar surface area (TPSA) is 77.6 Å². The molecule has 6 heteroatoms. The average Bonchev–Trinajstić information content (AvgIpc) is 2.86. The van der Waals surface area contributed by atoms with Gasteiger partial charge in [0.15, 0.2) is 0 Å². The zero-order valence-corrected chi connectivity index (χ0v) is 11.5. The van der Waals surface area contributed by atoms with E-state index in [-0.39, 0.29) is 0 Å². The van der Waals surface area contributed by atoms with Crippen molar-refractivity contribution in [2.24, 2.45) is 5.92 Å². The van der Waals surface area contributed by atoms with Gasteiger partial charge >= 0.3 is 0 Å². The largest absolute Gasteiger partial charge is 0.374 e. The van der Waals surface area contributed by atoms with Gasteiger partial charge in [-0.15, -0.1) is 10.2 Å². The summed E-state index contributed by atoms with van der Waals surface area (Å²) in [6, 6.07) is 4.06. The molecule has 0 saturated heterocycles. The molecule has 2 heterocycles. The SMILES string of the molecule is Nc1nnc(CC2CCC(c3cccnn3)CC2)s1. The third-order valence-corrected chi connectivity index (χ3v) is 4.58. The first-order chi connectivity index (χ1) is 9.31. The predicted molar refractivity (Wildman–Crippen MR) is 74.8 cm³/mol. The Balaban J connectivity index is 1.55. The van der Waals surface area contributed by atoms with Crippen molar-refractivity contribution >= 4 is 16.5 Å². The van der Waals surface area contributed by atoms with Gasteiger partial charge in [0.2, 0.25) is 5.13 Å². The molecule has 2 N–H and O–H groups in total.